The summed E-state index contributed by atoms with van der Waals surface area (Å²) in [5, 5.41) is 0. The molecular weight excluding hydrogens is 226 g/mol. The van der Waals surface area contributed by atoms with E-state index in [9.17, 15) is 4.79 Å². The molecule has 0 amide bonds. The lowest BCUT2D eigenvalue weighted by Gasteiger charge is -2.05. The van der Waals surface area contributed by atoms with Crippen LogP contribution in [0, 0.1) is 0 Å². The zero-order valence-corrected chi connectivity index (χ0v) is 9.53. The summed E-state index contributed by atoms with van der Waals surface area (Å²) >= 11 is 4.62. The molecule has 0 radical (unpaired) electrons. The lowest BCUT2D eigenvalue weighted by Crippen LogP contribution is -2.18. The first-order chi connectivity index (χ1) is 7.70. The normalized spacial score (nSPS) is 9.75. The minimum Gasteiger partial charge on any atom is -0.460 e. The molecule has 0 spiro atoms. The summed E-state index contributed by atoms with van der Waals surface area (Å²) in [5.41, 5.74) is 5.75. The van der Waals surface area contributed by atoms with Crippen molar-refractivity contribution in [2.75, 3.05) is 19.8 Å². The van der Waals surface area contributed by atoms with Crippen LogP contribution in [0.3, 0.4) is 0 Å². The number of hydrogen-bond donors (Lipinski definition) is 1. The van der Waals surface area contributed by atoms with Gasteiger partial charge in [-0.15, -0.1) is 0 Å². The van der Waals surface area contributed by atoms with Gasteiger partial charge in [0.15, 0.2) is 0 Å². The van der Waals surface area contributed by atoms with Crippen molar-refractivity contribution in [1.82, 2.24) is 0 Å². The van der Waals surface area contributed by atoms with Crippen LogP contribution < -0.4 is 5.73 Å². The molecule has 0 saturated heterocycles. The number of nitrogens with two attached hydrogens (primary N) is 1. The number of hydrogen-bond acceptors (Lipinski definition) is 4. The van der Waals surface area contributed by atoms with Crippen molar-refractivity contribution in [3.05, 3.63) is 35.9 Å². The molecule has 0 unspecified atom stereocenters. The van der Waals surface area contributed by atoms with E-state index in [0.717, 1.165) is 0 Å². The molecule has 1 aromatic carbocycles. The minimum atomic E-state index is -0.362. The molecule has 0 aliphatic rings. The summed E-state index contributed by atoms with van der Waals surface area (Å²) in [6.07, 6.45) is 0. The van der Waals surface area contributed by atoms with Gasteiger partial charge < -0.3 is 15.2 Å². The summed E-state index contributed by atoms with van der Waals surface area (Å²) in [7, 11) is 0. The number of ether oxygens (including phenoxy) is 2. The summed E-state index contributed by atoms with van der Waals surface area (Å²) in [6.45, 7) is 0.685. The number of esters is 1. The Morgan fingerprint density at radius 2 is 1.94 bits per heavy atom. The molecule has 0 fully saturated rings. The second-order valence-corrected chi connectivity index (χ2v) is 3.55. The zero-order valence-electron chi connectivity index (χ0n) is 8.72. The summed E-state index contributed by atoms with van der Waals surface area (Å²) in [4.78, 5) is 11.7. The topological polar surface area (TPSA) is 61.6 Å². The van der Waals surface area contributed by atoms with Gasteiger partial charge in [-0.25, -0.2) is 4.79 Å². The monoisotopic (exact) mass is 239 g/mol. The summed E-state index contributed by atoms with van der Waals surface area (Å²) in [5.74, 6) is -0.362. The molecule has 4 nitrogen and oxygen atoms in total. The third-order valence-electron chi connectivity index (χ3n) is 1.71. The highest BCUT2D eigenvalue weighted by atomic mass is 32.1. The van der Waals surface area contributed by atoms with Crippen LogP contribution >= 0.6 is 12.2 Å². The predicted octanol–water partition coefficient (Wildman–Crippen LogP) is 1.15. The van der Waals surface area contributed by atoms with Gasteiger partial charge in [-0.2, -0.15) is 0 Å². The highest BCUT2D eigenvalue weighted by Gasteiger charge is 2.04. The first-order valence-electron chi connectivity index (χ1n) is 4.78. The van der Waals surface area contributed by atoms with Gasteiger partial charge in [-0.05, 0) is 12.1 Å². The van der Waals surface area contributed by atoms with Crippen molar-refractivity contribution in [3.63, 3.8) is 0 Å². The average Bonchev–Trinajstić information content (AvgIpc) is 2.29. The van der Waals surface area contributed by atoms with Crippen LogP contribution in [0.4, 0.5) is 0 Å². The molecule has 5 heteroatoms. The lowest BCUT2D eigenvalue weighted by molar-refractivity contribution is 0.0364. The molecule has 0 aromatic heterocycles. The standard InChI is InChI=1S/C11H13NO3S/c12-10(16)8-14-6-7-15-11(13)9-4-2-1-3-5-9/h1-5H,6-8H2,(H2,12,16). The van der Waals surface area contributed by atoms with Crippen LogP contribution in [0.1, 0.15) is 10.4 Å². The first-order valence-corrected chi connectivity index (χ1v) is 5.19. The van der Waals surface area contributed by atoms with E-state index in [1.165, 1.54) is 0 Å². The van der Waals surface area contributed by atoms with Gasteiger partial charge in [0.25, 0.3) is 0 Å². The van der Waals surface area contributed by atoms with E-state index in [1.54, 1.807) is 24.3 Å². The molecule has 0 atom stereocenters. The van der Waals surface area contributed by atoms with E-state index in [1.807, 2.05) is 6.07 Å². The van der Waals surface area contributed by atoms with Gasteiger partial charge in [0.1, 0.15) is 6.61 Å². The quantitative estimate of drug-likeness (QED) is 0.458. The molecule has 0 bridgehead atoms. The Balaban J connectivity index is 2.19. The summed E-state index contributed by atoms with van der Waals surface area (Å²) < 4.78 is 10.00. The molecule has 0 heterocycles. The van der Waals surface area contributed by atoms with Crippen molar-refractivity contribution in [1.29, 1.82) is 0 Å². The maximum Gasteiger partial charge on any atom is 0.338 e. The SMILES string of the molecule is NC(=S)COCCOC(=O)c1ccccc1. The molecule has 86 valence electrons. The molecule has 0 aliphatic heterocycles. The van der Waals surface area contributed by atoms with Crippen LogP contribution in [0.25, 0.3) is 0 Å². The van der Waals surface area contributed by atoms with Crippen LogP contribution in [-0.4, -0.2) is 30.8 Å². The van der Waals surface area contributed by atoms with Crippen molar-refractivity contribution in [2.24, 2.45) is 5.73 Å². The van der Waals surface area contributed by atoms with Crippen molar-refractivity contribution in [2.45, 2.75) is 0 Å². The first kappa shape index (κ1) is 12.6. The van der Waals surface area contributed by atoms with E-state index in [-0.39, 0.29) is 30.8 Å². The number of thiocarbonyl (C=S) groups is 1. The number of rotatable bonds is 6. The smallest absolute Gasteiger partial charge is 0.338 e. The molecule has 0 saturated carbocycles. The van der Waals surface area contributed by atoms with Crippen LogP contribution in [0.5, 0.6) is 0 Å². The van der Waals surface area contributed by atoms with Gasteiger partial charge in [-0.3, -0.25) is 0 Å². The fraction of sp³-hybridized carbons (Fsp3) is 0.273. The van der Waals surface area contributed by atoms with Gasteiger partial charge in [0.05, 0.1) is 23.8 Å². The third-order valence-corrected chi connectivity index (χ3v) is 1.83. The Bertz CT molecular complexity index is 354. The van der Waals surface area contributed by atoms with Crippen LogP contribution in [0.2, 0.25) is 0 Å². The predicted molar refractivity (Wildman–Crippen MR) is 64.3 cm³/mol. The lowest BCUT2D eigenvalue weighted by atomic mass is 10.2. The number of carbonyl (C=O) groups is 1. The second-order valence-electron chi connectivity index (χ2n) is 3.02. The third kappa shape index (κ3) is 4.86. The van der Waals surface area contributed by atoms with Crippen molar-refractivity contribution >= 4 is 23.2 Å². The Labute approximate surface area is 99.3 Å². The van der Waals surface area contributed by atoms with E-state index >= 15 is 0 Å². The maximum atomic E-state index is 11.4. The van der Waals surface area contributed by atoms with Gasteiger partial charge in [-0.1, -0.05) is 30.4 Å². The molecule has 2 N–H and O–H groups in total. The van der Waals surface area contributed by atoms with Crippen LogP contribution in [-0.2, 0) is 9.47 Å². The van der Waals surface area contributed by atoms with Gasteiger partial charge >= 0.3 is 5.97 Å². The molecule has 16 heavy (non-hydrogen) atoms. The van der Waals surface area contributed by atoms with E-state index in [2.05, 4.69) is 12.2 Å². The van der Waals surface area contributed by atoms with E-state index < -0.39 is 0 Å². The van der Waals surface area contributed by atoms with Crippen molar-refractivity contribution in [3.8, 4) is 0 Å². The van der Waals surface area contributed by atoms with Crippen LogP contribution in [0.15, 0.2) is 30.3 Å². The average molecular weight is 239 g/mol. The molecule has 0 aliphatic carbocycles. The maximum absolute atomic E-state index is 11.4. The molecular formula is C11H13NO3S. The second kappa shape index (κ2) is 6.92. The largest absolute Gasteiger partial charge is 0.460 e. The number of carbonyl (C=O) groups excluding carboxylic acids is 1. The highest BCUT2D eigenvalue weighted by molar-refractivity contribution is 7.80. The van der Waals surface area contributed by atoms with E-state index in [0.29, 0.717) is 5.56 Å². The van der Waals surface area contributed by atoms with Gasteiger partial charge in [0.2, 0.25) is 0 Å². The Morgan fingerprint density at radius 1 is 1.25 bits per heavy atom. The Morgan fingerprint density at radius 3 is 2.56 bits per heavy atom. The Kier molecular flexibility index (Phi) is 5.45. The van der Waals surface area contributed by atoms with Gasteiger partial charge in [0, 0.05) is 0 Å². The highest BCUT2D eigenvalue weighted by Crippen LogP contribution is 2.00. The molecule has 1 rings (SSSR count). The molecule has 1 aromatic rings. The number of benzene rings is 1. The Hall–Kier alpha value is -1.46. The zero-order chi connectivity index (χ0) is 11.8. The fourth-order valence-corrected chi connectivity index (χ4v) is 1.11. The minimum absolute atomic E-state index is 0.191. The fourth-order valence-electron chi connectivity index (χ4n) is 1.02. The summed E-state index contributed by atoms with van der Waals surface area (Å²) in [6, 6.07) is 8.78. The van der Waals surface area contributed by atoms with E-state index in [4.69, 9.17) is 15.2 Å². The van der Waals surface area contributed by atoms with Crippen molar-refractivity contribution < 1.29 is 14.3 Å².